The number of anilines is 1. The predicted molar refractivity (Wildman–Crippen MR) is 91.4 cm³/mol. The van der Waals surface area contributed by atoms with E-state index in [2.05, 4.69) is 33.2 Å². The molecule has 0 aliphatic rings. The minimum absolute atomic E-state index is 0.0517. The van der Waals surface area contributed by atoms with Gasteiger partial charge in [-0.15, -0.1) is 0 Å². The second-order valence-electron chi connectivity index (χ2n) is 5.44. The van der Waals surface area contributed by atoms with Crippen molar-refractivity contribution < 1.29 is 14.7 Å². The zero-order valence-electron chi connectivity index (χ0n) is 12.2. The SMILES string of the molecule is CC(C)CC(CNC(=O)Nc1cccc(I)c1)CC(=O)O. The van der Waals surface area contributed by atoms with Crippen molar-refractivity contribution in [2.24, 2.45) is 11.8 Å². The Morgan fingerprint density at radius 2 is 2.05 bits per heavy atom. The van der Waals surface area contributed by atoms with Crippen molar-refractivity contribution in [2.45, 2.75) is 26.7 Å². The molecule has 21 heavy (non-hydrogen) atoms. The van der Waals surface area contributed by atoms with Gasteiger partial charge in [-0.1, -0.05) is 19.9 Å². The average molecular weight is 404 g/mol. The number of urea groups is 1. The van der Waals surface area contributed by atoms with E-state index in [0.717, 1.165) is 15.7 Å². The van der Waals surface area contributed by atoms with Gasteiger partial charge >= 0.3 is 12.0 Å². The molecule has 0 radical (unpaired) electrons. The maximum atomic E-state index is 11.8. The van der Waals surface area contributed by atoms with Crippen LogP contribution in [0.2, 0.25) is 0 Å². The summed E-state index contributed by atoms with van der Waals surface area (Å²) in [6.45, 7) is 4.45. The van der Waals surface area contributed by atoms with E-state index in [1.807, 2.05) is 38.1 Å². The molecule has 0 bridgehead atoms. The third-order valence-electron chi connectivity index (χ3n) is 2.90. The second kappa shape index (κ2) is 8.86. The Morgan fingerprint density at radius 3 is 2.62 bits per heavy atom. The summed E-state index contributed by atoms with van der Waals surface area (Å²) in [6, 6.07) is 7.17. The van der Waals surface area contributed by atoms with Gasteiger partial charge in [-0.2, -0.15) is 0 Å². The number of hydrogen-bond acceptors (Lipinski definition) is 2. The summed E-state index contributed by atoms with van der Waals surface area (Å²) in [5.41, 5.74) is 0.720. The highest BCUT2D eigenvalue weighted by Gasteiger charge is 2.16. The van der Waals surface area contributed by atoms with Crippen LogP contribution in [0.3, 0.4) is 0 Å². The molecule has 2 amide bonds. The maximum absolute atomic E-state index is 11.8. The first kappa shape index (κ1) is 17.7. The van der Waals surface area contributed by atoms with Gasteiger partial charge in [0, 0.05) is 22.2 Å². The van der Waals surface area contributed by atoms with Gasteiger partial charge in [0.1, 0.15) is 0 Å². The van der Waals surface area contributed by atoms with E-state index in [4.69, 9.17) is 5.11 Å². The molecule has 5 nitrogen and oxygen atoms in total. The molecule has 1 atom stereocenters. The van der Waals surface area contributed by atoms with Crippen molar-refractivity contribution in [3.63, 3.8) is 0 Å². The molecule has 0 aromatic heterocycles. The number of hydrogen-bond donors (Lipinski definition) is 3. The smallest absolute Gasteiger partial charge is 0.319 e. The topological polar surface area (TPSA) is 78.4 Å². The van der Waals surface area contributed by atoms with E-state index in [9.17, 15) is 9.59 Å². The molecule has 0 saturated carbocycles. The van der Waals surface area contributed by atoms with Crippen LogP contribution in [0.5, 0.6) is 0 Å². The Labute approximate surface area is 138 Å². The first-order valence-electron chi connectivity index (χ1n) is 6.89. The molecule has 1 aromatic carbocycles. The quantitative estimate of drug-likeness (QED) is 0.609. The fourth-order valence-electron chi connectivity index (χ4n) is 2.13. The van der Waals surface area contributed by atoms with Crippen LogP contribution in [0.25, 0.3) is 0 Å². The van der Waals surface area contributed by atoms with Gasteiger partial charge in [0.2, 0.25) is 0 Å². The summed E-state index contributed by atoms with van der Waals surface area (Å²) < 4.78 is 1.04. The monoisotopic (exact) mass is 404 g/mol. The predicted octanol–water partition coefficient (Wildman–Crippen LogP) is 3.55. The van der Waals surface area contributed by atoms with Crippen molar-refractivity contribution >= 4 is 40.3 Å². The lowest BCUT2D eigenvalue weighted by Gasteiger charge is -2.18. The Kier molecular flexibility index (Phi) is 7.49. The lowest BCUT2D eigenvalue weighted by Crippen LogP contribution is -2.34. The fourth-order valence-corrected chi connectivity index (χ4v) is 2.67. The minimum Gasteiger partial charge on any atom is -0.481 e. The molecule has 3 N–H and O–H groups in total. The number of halogens is 1. The van der Waals surface area contributed by atoms with Crippen molar-refractivity contribution in [3.8, 4) is 0 Å². The van der Waals surface area contributed by atoms with Gasteiger partial charge in [0.25, 0.3) is 0 Å². The number of carbonyl (C=O) groups is 2. The van der Waals surface area contributed by atoms with Gasteiger partial charge < -0.3 is 15.7 Å². The average Bonchev–Trinajstić information content (AvgIpc) is 2.34. The molecule has 0 aliphatic heterocycles. The Hall–Kier alpha value is -1.31. The molecule has 0 heterocycles. The molecule has 1 unspecified atom stereocenters. The van der Waals surface area contributed by atoms with E-state index < -0.39 is 5.97 Å². The van der Waals surface area contributed by atoms with Crippen LogP contribution in [-0.2, 0) is 4.79 Å². The highest BCUT2D eigenvalue weighted by molar-refractivity contribution is 14.1. The lowest BCUT2D eigenvalue weighted by atomic mass is 9.94. The normalized spacial score (nSPS) is 12.0. The largest absolute Gasteiger partial charge is 0.481 e. The molecule has 0 fully saturated rings. The third kappa shape index (κ3) is 7.89. The number of amides is 2. The molecular formula is C15H21IN2O3. The lowest BCUT2D eigenvalue weighted by molar-refractivity contribution is -0.138. The van der Waals surface area contributed by atoms with Crippen LogP contribution < -0.4 is 10.6 Å². The van der Waals surface area contributed by atoms with E-state index >= 15 is 0 Å². The molecule has 0 aliphatic carbocycles. The molecule has 1 aromatic rings. The number of carboxylic acid groups (broad SMARTS) is 1. The summed E-state index contributed by atoms with van der Waals surface area (Å²) in [4.78, 5) is 22.7. The third-order valence-corrected chi connectivity index (χ3v) is 3.57. The molecule has 116 valence electrons. The van der Waals surface area contributed by atoms with Crippen molar-refractivity contribution in [3.05, 3.63) is 27.8 Å². The molecule has 0 saturated heterocycles. The standard InChI is InChI=1S/C15H21IN2O3/c1-10(2)6-11(7-14(19)20)9-17-15(21)18-13-5-3-4-12(16)8-13/h3-5,8,10-11H,6-7,9H2,1-2H3,(H,19,20)(H2,17,18,21). The van der Waals surface area contributed by atoms with Gasteiger partial charge in [0.15, 0.2) is 0 Å². The van der Waals surface area contributed by atoms with Crippen LogP contribution in [0, 0.1) is 15.4 Å². The summed E-state index contributed by atoms with van der Waals surface area (Å²) in [5.74, 6) is -0.487. The molecular weight excluding hydrogens is 383 g/mol. The number of carbonyl (C=O) groups excluding carboxylic acids is 1. The van der Waals surface area contributed by atoms with Gasteiger partial charge in [-0.3, -0.25) is 4.79 Å². The first-order valence-corrected chi connectivity index (χ1v) is 7.97. The number of aliphatic carboxylic acids is 1. The van der Waals surface area contributed by atoms with Gasteiger partial charge in [0.05, 0.1) is 0 Å². The Morgan fingerprint density at radius 1 is 1.33 bits per heavy atom. The number of rotatable bonds is 7. The van der Waals surface area contributed by atoms with E-state index in [0.29, 0.717) is 12.5 Å². The summed E-state index contributed by atoms with van der Waals surface area (Å²) in [7, 11) is 0. The van der Waals surface area contributed by atoms with Crippen molar-refractivity contribution in [1.82, 2.24) is 5.32 Å². The molecule has 0 spiro atoms. The first-order chi connectivity index (χ1) is 9.86. The van der Waals surface area contributed by atoms with Crippen LogP contribution in [-0.4, -0.2) is 23.7 Å². The van der Waals surface area contributed by atoms with E-state index in [1.54, 1.807) is 0 Å². The van der Waals surface area contributed by atoms with Gasteiger partial charge in [-0.05, 0) is 59.0 Å². The van der Waals surface area contributed by atoms with Crippen LogP contribution in [0.4, 0.5) is 10.5 Å². The van der Waals surface area contributed by atoms with Crippen LogP contribution >= 0.6 is 22.6 Å². The van der Waals surface area contributed by atoms with Crippen LogP contribution in [0.1, 0.15) is 26.7 Å². The number of carboxylic acids is 1. The Bertz CT molecular complexity index is 492. The number of nitrogens with one attached hydrogen (secondary N) is 2. The van der Waals surface area contributed by atoms with E-state index in [1.165, 1.54) is 0 Å². The number of benzene rings is 1. The zero-order chi connectivity index (χ0) is 15.8. The van der Waals surface area contributed by atoms with Crippen molar-refractivity contribution in [1.29, 1.82) is 0 Å². The Balaban J connectivity index is 2.47. The second-order valence-corrected chi connectivity index (χ2v) is 6.68. The summed E-state index contributed by atoms with van der Waals surface area (Å²) in [6.07, 6.45) is 0.845. The summed E-state index contributed by atoms with van der Waals surface area (Å²) >= 11 is 2.17. The maximum Gasteiger partial charge on any atom is 0.319 e. The zero-order valence-corrected chi connectivity index (χ0v) is 14.4. The molecule has 1 rings (SSSR count). The van der Waals surface area contributed by atoms with Crippen molar-refractivity contribution in [2.75, 3.05) is 11.9 Å². The van der Waals surface area contributed by atoms with Gasteiger partial charge in [-0.25, -0.2) is 4.79 Å². The highest BCUT2D eigenvalue weighted by Crippen LogP contribution is 2.15. The van der Waals surface area contributed by atoms with E-state index in [-0.39, 0.29) is 18.4 Å². The summed E-state index contributed by atoms with van der Waals surface area (Å²) in [5, 5.41) is 14.4. The fraction of sp³-hybridized carbons (Fsp3) is 0.467. The minimum atomic E-state index is -0.833. The highest BCUT2D eigenvalue weighted by atomic mass is 127. The molecule has 6 heteroatoms. The van der Waals surface area contributed by atoms with Crippen LogP contribution in [0.15, 0.2) is 24.3 Å².